The molecule has 0 unspecified atom stereocenters. The van der Waals surface area contributed by atoms with E-state index in [0.717, 1.165) is 41.0 Å². The molecular formula is C16H23N5OS2. The standard InChI is InChI=1S/C16H23N5OS2/c1-4-21(5-2)10-11-23-16-20-19-15(24-16)18-14(22)17-13-8-6-12(3)7-9-13/h6-9H,4-5,10-11H2,1-3H3,(H2,17,18,19,22). The summed E-state index contributed by atoms with van der Waals surface area (Å²) in [5.41, 5.74) is 1.90. The molecule has 0 saturated heterocycles. The molecule has 2 aromatic rings. The van der Waals surface area contributed by atoms with Gasteiger partial charge < -0.3 is 10.2 Å². The second kappa shape index (κ2) is 9.61. The van der Waals surface area contributed by atoms with E-state index in [0.29, 0.717) is 5.13 Å². The van der Waals surface area contributed by atoms with E-state index in [1.165, 1.54) is 11.3 Å². The molecule has 0 fully saturated rings. The molecule has 0 spiro atoms. The minimum absolute atomic E-state index is 0.310. The number of aryl methyl sites for hydroxylation is 1. The molecule has 130 valence electrons. The van der Waals surface area contributed by atoms with Gasteiger partial charge in [-0.15, -0.1) is 10.2 Å². The first-order chi connectivity index (χ1) is 11.6. The second-order valence-corrected chi connectivity index (χ2v) is 7.51. The van der Waals surface area contributed by atoms with Gasteiger partial charge in [-0.3, -0.25) is 5.32 Å². The number of urea groups is 1. The lowest BCUT2D eigenvalue weighted by atomic mass is 10.2. The third-order valence-corrected chi connectivity index (χ3v) is 5.42. The van der Waals surface area contributed by atoms with Crippen LogP contribution in [0.3, 0.4) is 0 Å². The molecule has 0 saturated carbocycles. The van der Waals surface area contributed by atoms with Crippen molar-refractivity contribution in [3.05, 3.63) is 29.8 Å². The molecule has 0 radical (unpaired) electrons. The molecule has 1 aromatic heterocycles. The summed E-state index contributed by atoms with van der Waals surface area (Å²) in [6.45, 7) is 9.46. The van der Waals surface area contributed by atoms with E-state index in [9.17, 15) is 4.79 Å². The van der Waals surface area contributed by atoms with Crippen molar-refractivity contribution in [3.63, 3.8) is 0 Å². The first kappa shape index (κ1) is 18.7. The quantitative estimate of drug-likeness (QED) is 0.548. The van der Waals surface area contributed by atoms with Gasteiger partial charge in [0.2, 0.25) is 5.13 Å². The SMILES string of the molecule is CCN(CC)CCSc1nnc(NC(=O)Nc2ccc(C)cc2)s1. The molecule has 0 aliphatic rings. The predicted octanol–water partition coefficient (Wildman–Crippen LogP) is 3.92. The number of anilines is 2. The monoisotopic (exact) mass is 365 g/mol. The molecule has 2 amide bonds. The first-order valence-electron chi connectivity index (χ1n) is 7.94. The number of amides is 2. The molecule has 8 heteroatoms. The lowest BCUT2D eigenvalue weighted by Crippen LogP contribution is -2.25. The van der Waals surface area contributed by atoms with Crippen LogP contribution in [0.5, 0.6) is 0 Å². The predicted molar refractivity (Wildman–Crippen MR) is 102 cm³/mol. The van der Waals surface area contributed by atoms with Crippen LogP contribution in [0.15, 0.2) is 28.6 Å². The summed E-state index contributed by atoms with van der Waals surface area (Å²) in [6.07, 6.45) is 0. The maximum Gasteiger partial charge on any atom is 0.325 e. The van der Waals surface area contributed by atoms with Crippen molar-refractivity contribution in [2.24, 2.45) is 0 Å². The molecule has 24 heavy (non-hydrogen) atoms. The molecule has 2 N–H and O–H groups in total. The van der Waals surface area contributed by atoms with Gasteiger partial charge in [0.15, 0.2) is 4.34 Å². The summed E-state index contributed by atoms with van der Waals surface area (Å²) >= 11 is 3.06. The van der Waals surface area contributed by atoms with E-state index in [4.69, 9.17) is 0 Å². The molecule has 0 aliphatic heterocycles. The average Bonchev–Trinajstić information content (AvgIpc) is 3.01. The van der Waals surface area contributed by atoms with E-state index >= 15 is 0 Å². The van der Waals surface area contributed by atoms with Crippen molar-refractivity contribution in [2.45, 2.75) is 25.1 Å². The number of carbonyl (C=O) groups excluding carboxylic acids is 1. The smallest absolute Gasteiger partial charge is 0.308 e. The fourth-order valence-electron chi connectivity index (χ4n) is 2.02. The van der Waals surface area contributed by atoms with E-state index in [2.05, 4.69) is 39.6 Å². The van der Waals surface area contributed by atoms with E-state index < -0.39 is 0 Å². The molecule has 1 aromatic carbocycles. The zero-order valence-corrected chi connectivity index (χ0v) is 15.8. The van der Waals surface area contributed by atoms with Gasteiger partial charge in [0.1, 0.15) is 0 Å². The molecule has 6 nitrogen and oxygen atoms in total. The summed E-state index contributed by atoms with van der Waals surface area (Å²) in [7, 11) is 0. The van der Waals surface area contributed by atoms with Gasteiger partial charge in [-0.25, -0.2) is 4.79 Å². The van der Waals surface area contributed by atoms with Gasteiger partial charge in [0.25, 0.3) is 0 Å². The fraction of sp³-hybridized carbons (Fsp3) is 0.438. The Kier molecular flexibility index (Phi) is 7.48. The highest BCUT2D eigenvalue weighted by molar-refractivity contribution is 8.01. The fourth-order valence-corrected chi connectivity index (χ4v) is 3.83. The second-order valence-electron chi connectivity index (χ2n) is 5.19. The lowest BCUT2D eigenvalue weighted by molar-refractivity contribution is 0.262. The van der Waals surface area contributed by atoms with Crippen molar-refractivity contribution < 1.29 is 4.79 Å². The maximum absolute atomic E-state index is 12.0. The number of carbonyl (C=O) groups is 1. The number of nitrogens with one attached hydrogen (secondary N) is 2. The summed E-state index contributed by atoms with van der Waals surface area (Å²) in [5, 5.41) is 14.1. The van der Waals surface area contributed by atoms with E-state index in [1.807, 2.05) is 31.2 Å². The van der Waals surface area contributed by atoms with Gasteiger partial charge in [-0.1, -0.05) is 54.6 Å². The summed E-state index contributed by atoms with van der Waals surface area (Å²) in [5.74, 6) is 0.964. The Morgan fingerprint density at radius 1 is 1.17 bits per heavy atom. The van der Waals surface area contributed by atoms with Crippen LogP contribution < -0.4 is 10.6 Å². The van der Waals surface area contributed by atoms with Crippen LogP contribution in [0.1, 0.15) is 19.4 Å². The van der Waals surface area contributed by atoms with Crippen molar-refractivity contribution in [3.8, 4) is 0 Å². The highest BCUT2D eigenvalue weighted by atomic mass is 32.2. The van der Waals surface area contributed by atoms with Gasteiger partial charge in [-0.2, -0.15) is 0 Å². The van der Waals surface area contributed by atoms with Gasteiger partial charge in [-0.05, 0) is 32.1 Å². The first-order valence-corrected chi connectivity index (χ1v) is 9.74. The van der Waals surface area contributed by atoms with Gasteiger partial charge >= 0.3 is 6.03 Å². The molecule has 0 aliphatic carbocycles. The number of hydrogen-bond donors (Lipinski definition) is 2. The van der Waals surface area contributed by atoms with Crippen LogP contribution in [0, 0.1) is 6.92 Å². The zero-order valence-electron chi connectivity index (χ0n) is 14.2. The number of thioether (sulfide) groups is 1. The van der Waals surface area contributed by atoms with Crippen LogP contribution in [-0.2, 0) is 0 Å². The third-order valence-electron chi connectivity index (χ3n) is 3.46. The topological polar surface area (TPSA) is 70.2 Å². The van der Waals surface area contributed by atoms with Gasteiger partial charge in [0.05, 0.1) is 0 Å². The highest BCUT2D eigenvalue weighted by Crippen LogP contribution is 2.25. The van der Waals surface area contributed by atoms with Crippen LogP contribution >= 0.6 is 23.1 Å². The van der Waals surface area contributed by atoms with E-state index in [-0.39, 0.29) is 6.03 Å². The van der Waals surface area contributed by atoms with Crippen molar-refractivity contribution >= 4 is 39.9 Å². The van der Waals surface area contributed by atoms with Crippen LogP contribution in [0.2, 0.25) is 0 Å². The number of benzene rings is 1. The number of hydrogen-bond acceptors (Lipinski definition) is 6. The molecular weight excluding hydrogens is 342 g/mol. The Morgan fingerprint density at radius 3 is 2.54 bits per heavy atom. The number of rotatable bonds is 8. The molecule has 1 heterocycles. The van der Waals surface area contributed by atoms with Crippen LogP contribution in [-0.4, -0.2) is 46.5 Å². The number of nitrogens with zero attached hydrogens (tertiary/aromatic N) is 3. The van der Waals surface area contributed by atoms with Crippen molar-refractivity contribution in [1.29, 1.82) is 0 Å². The number of aromatic nitrogens is 2. The normalized spacial score (nSPS) is 10.8. The van der Waals surface area contributed by atoms with Crippen molar-refractivity contribution in [2.75, 3.05) is 36.0 Å². The molecule has 0 atom stereocenters. The largest absolute Gasteiger partial charge is 0.325 e. The Labute approximate surface area is 151 Å². The van der Waals surface area contributed by atoms with Crippen LogP contribution in [0.25, 0.3) is 0 Å². The minimum Gasteiger partial charge on any atom is -0.308 e. The Hall–Kier alpha value is -1.64. The molecule has 0 bridgehead atoms. The Balaban J connectivity index is 1.78. The summed E-state index contributed by atoms with van der Waals surface area (Å²) in [4.78, 5) is 14.3. The zero-order chi connectivity index (χ0) is 17.4. The van der Waals surface area contributed by atoms with E-state index in [1.54, 1.807) is 11.8 Å². The average molecular weight is 366 g/mol. The minimum atomic E-state index is -0.310. The summed E-state index contributed by atoms with van der Waals surface area (Å²) < 4.78 is 0.868. The molecule has 2 rings (SSSR count). The highest BCUT2D eigenvalue weighted by Gasteiger charge is 2.09. The summed E-state index contributed by atoms with van der Waals surface area (Å²) in [6, 6.07) is 7.32. The Bertz CT molecular complexity index is 640. The van der Waals surface area contributed by atoms with Crippen LogP contribution in [0.4, 0.5) is 15.6 Å². The Morgan fingerprint density at radius 2 is 1.88 bits per heavy atom. The third kappa shape index (κ3) is 6.10. The van der Waals surface area contributed by atoms with Gasteiger partial charge in [0, 0.05) is 18.0 Å². The maximum atomic E-state index is 12.0. The lowest BCUT2D eigenvalue weighted by Gasteiger charge is -2.16. The van der Waals surface area contributed by atoms with Crippen molar-refractivity contribution in [1.82, 2.24) is 15.1 Å².